The maximum Gasteiger partial charge on any atom is 0.573 e. The van der Waals surface area contributed by atoms with E-state index in [4.69, 9.17) is 0 Å². The molecule has 1 fully saturated rings. The van der Waals surface area contributed by atoms with E-state index in [9.17, 15) is 26.4 Å². The average Bonchev–Trinajstić information content (AvgIpc) is 2.62. The molecular formula is C19H27F3N2O4S. The zero-order valence-electron chi connectivity index (χ0n) is 16.5. The molecule has 0 atom stereocenters. The lowest BCUT2D eigenvalue weighted by Gasteiger charge is -2.34. The van der Waals surface area contributed by atoms with Gasteiger partial charge in [0.2, 0.25) is 5.91 Å². The van der Waals surface area contributed by atoms with Crippen molar-refractivity contribution in [3.63, 3.8) is 0 Å². The van der Waals surface area contributed by atoms with Gasteiger partial charge >= 0.3 is 6.36 Å². The molecule has 1 saturated heterocycles. The first-order chi connectivity index (χ1) is 13.6. The number of amides is 1. The summed E-state index contributed by atoms with van der Waals surface area (Å²) in [6, 6.07) is 5.68. The minimum atomic E-state index is -4.71. The summed E-state index contributed by atoms with van der Waals surface area (Å²) >= 11 is 0. The second kappa shape index (κ2) is 10.3. The fourth-order valence-corrected chi connectivity index (χ4v) is 4.48. The number of benzene rings is 1. The number of unbranched alkanes of at least 4 members (excludes halogenated alkanes) is 2. The molecule has 1 aliphatic heterocycles. The Morgan fingerprint density at radius 2 is 1.69 bits per heavy atom. The minimum Gasteiger partial charge on any atom is -0.406 e. The van der Waals surface area contributed by atoms with Gasteiger partial charge in [-0.1, -0.05) is 31.9 Å². The molecule has 1 aromatic carbocycles. The second-order valence-corrected chi connectivity index (χ2v) is 9.33. The number of rotatable bonds is 9. The molecule has 0 unspecified atom stereocenters. The van der Waals surface area contributed by atoms with Gasteiger partial charge in [-0.15, -0.1) is 13.2 Å². The number of carbonyl (C=O) groups excluding carboxylic acids is 1. The largest absolute Gasteiger partial charge is 0.573 e. The van der Waals surface area contributed by atoms with E-state index in [1.165, 1.54) is 12.1 Å². The fourth-order valence-electron chi connectivity index (χ4n) is 3.13. The lowest BCUT2D eigenvalue weighted by molar-refractivity contribution is -0.274. The van der Waals surface area contributed by atoms with Crippen LogP contribution in [-0.4, -0.2) is 68.2 Å². The summed E-state index contributed by atoms with van der Waals surface area (Å²) in [5, 5.41) is 0. The van der Waals surface area contributed by atoms with Gasteiger partial charge in [-0.25, -0.2) is 8.42 Å². The lowest BCUT2D eigenvalue weighted by Crippen LogP contribution is -2.49. The summed E-state index contributed by atoms with van der Waals surface area (Å²) in [7, 11) is -3.38. The highest BCUT2D eigenvalue weighted by Gasteiger charge is 2.31. The quantitative estimate of drug-likeness (QED) is 0.557. The summed E-state index contributed by atoms with van der Waals surface area (Å²) in [5.74, 6) is -1.04. The zero-order valence-corrected chi connectivity index (χ0v) is 17.3. The number of sulfone groups is 1. The first-order valence-electron chi connectivity index (χ1n) is 9.63. The first-order valence-corrected chi connectivity index (χ1v) is 11.5. The van der Waals surface area contributed by atoms with Crippen molar-refractivity contribution in [3.05, 3.63) is 29.8 Å². The lowest BCUT2D eigenvalue weighted by atomic mass is 10.2. The van der Waals surface area contributed by atoms with E-state index in [1.54, 1.807) is 17.0 Å². The van der Waals surface area contributed by atoms with Gasteiger partial charge < -0.3 is 9.64 Å². The van der Waals surface area contributed by atoms with E-state index < -0.39 is 22.0 Å². The number of hydrogen-bond acceptors (Lipinski definition) is 5. The molecule has 0 N–H and O–H groups in total. The van der Waals surface area contributed by atoms with E-state index in [0.29, 0.717) is 39.1 Å². The smallest absolute Gasteiger partial charge is 0.406 e. The first kappa shape index (κ1) is 23.5. The molecule has 1 aromatic rings. The van der Waals surface area contributed by atoms with Gasteiger partial charge in [0.1, 0.15) is 11.5 Å². The Labute approximate surface area is 169 Å². The van der Waals surface area contributed by atoms with Crippen molar-refractivity contribution in [1.29, 1.82) is 0 Å². The number of carbonyl (C=O) groups is 1. The molecule has 29 heavy (non-hydrogen) atoms. The van der Waals surface area contributed by atoms with E-state index in [1.807, 2.05) is 6.92 Å². The van der Waals surface area contributed by atoms with Crippen LogP contribution in [0.15, 0.2) is 24.3 Å². The normalized spacial score (nSPS) is 16.1. The van der Waals surface area contributed by atoms with Crippen LogP contribution in [-0.2, 0) is 21.2 Å². The molecule has 6 nitrogen and oxygen atoms in total. The number of alkyl halides is 3. The topological polar surface area (TPSA) is 66.9 Å². The average molecular weight is 436 g/mol. The predicted octanol–water partition coefficient (Wildman–Crippen LogP) is 2.83. The van der Waals surface area contributed by atoms with Gasteiger partial charge in [0.05, 0.1) is 5.75 Å². The van der Waals surface area contributed by atoms with Crippen molar-refractivity contribution in [2.45, 2.75) is 39.1 Å². The maximum atomic E-state index is 12.3. The fraction of sp³-hybridized carbons (Fsp3) is 0.632. The Kier molecular flexibility index (Phi) is 8.33. The molecule has 2 rings (SSSR count). The molecule has 0 aliphatic carbocycles. The third kappa shape index (κ3) is 8.61. The Bertz CT molecular complexity index is 759. The van der Waals surface area contributed by atoms with E-state index in [2.05, 4.69) is 9.64 Å². The van der Waals surface area contributed by atoms with Gasteiger partial charge in [0.15, 0.2) is 9.84 Å². The van der Waals surface area contributed by atoms with E-state index in [-0.39, 0.29) is 17.4 Å². The predicted molar refractivity (Wildman–Crippen MR) is 103 cm³/mol. The third-order valence-electron chi connectivity index (χ3n) is 4.69. The molecule has 1 heterocycles. The molecule has 0 saturated carbocycles. The van der Waals surface area contributed by atoms with Crippen molar-refractivity contribution >= 4 is 15.7 Å². The number of piperazine rings is 1. The summed E-state index contributed by atoms with van der Waals surface area (Å²) < 4.78 is 64.5. The van der Waals surface area contributed by atoms with Gasteiger partial charge in [0, 0.05) is 32.7 Å². The molecule has 1 amide bonds. The maximum absolute atomic E-state index is 12.3. The number of nitrogens with zero attached hydrogens (tertiary/aromatic N) is 2. The van der Waals surface area contributed by atoms with E-state index >= 15 is 0 Å². The van der Waals surface area contributed by atoms with Crippen LogP contribution < -0.4 is 4.74 Å². The van der Waals surface area contributed by atoms with Crippen LogP contribution >= 0.6 is 0 Å². The number of hydrogen-bond donors (Lipinski definition) is 0. The molecule has 164 valence electrons. The summed E-state index contributed by atoms with van der Waals surface area (Å²) in [6.07, 6.45) is -2.39. The molecule has 0 bridgehead atoms. The highest BCUT2D eigenvalue weighted by atomic mass is 32.2. The SMILES string of the molecule is CCCCCS(=O)(=O)CC(=O)N1CCN(Cc2ccc(OC(F)(F)F)cc2)CC1. The molecule has 0 radical (unpaired) electrons. The van der Waals surface area contributed by atoms with Crippen LogP contribution in [0.25, 0.3) is 0 Å². The van der Waals surface area contributed by atoms with Crippen LogP contribution in [0.1, 0.15) is 31.7 Å². The van der Waals surface area contributed by atoms with Gasteiger partial charge in [-0.3, -0.25) is 9.69 Å². The minimum absolute atomic E-state index is 0.0423. The van der Waals surface area contributed by atoms with Crippen LogP contribution in [0.4, 0.5) is 13.2 Å². The Morgan fingerprint density at radius 3 is 2.24 bits per heavy atom. The molecule has 1 aliphatic rings. The van der Waals surface area contributed by atoms with Crippen LogP contribution in [0.5, 0.6) is 5.75 Å². The highest BCUT2D eigenvalue weighted by Crippen LogP contribution is 2.23. The van der Waals surface area contributed by atoms with Crippen molar-refractivity contribution < 1.29 is 31.1 Å². The Balaban J connectivity index is 1.78. The highest BCUT2D eigenvalue weighted by molar-refractivity contribution is 7.92. The van der Waals surface area contributed by atoms with E-state index in [0.717, 1.165) is 18.4 Å². The van der Waals surface area contributed by atoms with Crippen molar-refractivity contribution in [2.75, 3.05) is 37.7 Å². The molecule has 10 heteroatoms. The van der Waals surface area contributed by atoms with Crippen LogP contribution in [0, 0.1) is 0 Å². The van der Waals surface area contributed by atoms with Gasteiger partial charge in [-0.2, -0.15) is 0 Å². The second-order valence-electron chi connectivity index (χ2n) is 7.15. The van der Waals surface area contributed by atoms with Crippen LogP contribution in [0.3, 0.4) is 0 Å². The Hall–Kier alpha value is -1.81. The molecular weight excluding hydrogens is 409 g/mol. The van der Waals surface area contributed by atoms with Gasteiger partial charge in [-0.05, 0) is 24.1 Å². The summed E-state index contributed by atoms with van der Waals surface area (Å²) in [5.41, 5.74) is 0.831. The van der Waals surface area contributed by atoms with Crippen molar-refractivity contribution in [3.8, 4) is 5.75 Å². The number of halogens is 3. The zero-order chi connectivity index (χ0) is 21.5. The summed E-state index contributed by atoms with van der Waals surface area (Å²) in [6.45, 7) is 4.52. The summed E-state index contributed by atoms with van der Waals surface area (Å²) in [4.78, 5) is 15.9. The van der Waals surface area contributed by atoms with Gasteiger partial charge in [0.25, 0.3) is 0 Å². The van der Waals surface area contributed by atoms with Crippen LogP contribution in [0.2, 0.25) is 0 Å². The third-order valence-corrected chi connectivity index (χ3v) is 6.29. The standard InChI is InChI=1S/C19H27F3N2O4S/c1-2-3-4-13-29(26,27)15-18(25)24-11-9-23(10-12-24)14-16-5-7-17(8-6-16)28-19(20,21)22/h5-8H,2-4,9-15H2,1H3. The number of ether oxygens (including phenoxy) is 1. The Morgan fingerprint density at radius 1 is 1.07 bits per heavy atom. The monoisotopic (exact) mass is 436 g/mol. The molecule has 0 aromatic heterocycles. The van der Waals surface area contributed by atoms with Crippen molar-refractivity contribution in [2.24, 2.45) is 0 Å². The van der Waals surface area contributed by atoms with Crippen molar-refractivity contribution in [1.82, 2.24) is 9.80 Å². The molecule has 0 spiro atoms.